The molecule has 0 bridgehead atoms. The highest BCUT2D eigenvalue weighted by Gasteiger charge is 2.16. The van der Waals surface area contributed by atoms with E-state index in [4.69, 9.17) is 4.74 Å². The number of aromatic nitrogens is 2. The molecule has 2 aromatic heterocycles. The number of halogens is 2. The van der Waals surface area contributed by atoms with Crippen molar-refractivity contribution in [1.82, 2.24) is 9.78 Å². The number of carbonyl (C=O) groups excluding carboxylic acids is 1. The molecule has 2 heterocycles. The molecule has 4 aromatic rings. The van der Waals surface area contributed by atoms with Crippen LogP contribution in [-0.2, 0) is 26.0 Å². The largest absolute Gasteiger partial charge is 0.489 e. The maximum atomic E-state index is 13.9. The van der Waals surface area contributed by atoms with Gasteiger partial charge in [-0.15, -0.1) is 11.3 Å². The fourth-order valence-electron chi connectivity index (χ4n) is 3.91. The van der Waals surface area contributed by atoms with Gasteiger partial charge >= 0.3 is 0 Å². The van der Waals surface area contributed by atoms with E-state index in [1.54, 1.807) is 29.1 Å². The molecule has 5 rings (SSSR count). The molecule has 8 heteroatoms. The Kier molecular flexibility index (Phi) is 6.28. The first-order valence-electron chi connectivity index (χ1n) is 10.6. The van der Waals surface area contributed by atoms with Crippen molar-refractivity contribution >= 4 is 39.0 Å². The lowest BCUT2D eigenvalue weighted by molar-refractivity contribution is 0.103. The van der Waals surface area contributed by atoms with Gasteiger partial charge in [-0.3, -0.25) is 9.48 Å². The summed E-state index contributed by atoms with van der Waals surface area (Å²) in [6.45, 7) is 0.674. The van der Waals surface area contributed by atoms with E-state index in [9.17, 15) is 9.18 Å². The Labute approximate surface area is 203 Å². The standard InChI is InChI=1S/C25H21BrFN3O2S/c26-21-13-30(12-19-4-1-2-7-22(19)27)29-24(21)28-25(31)23-10-16(15-33-23)14-32-20-9-8-17-5-3-6-18(17)11-20/h1-2,4,7-11,13,15H,3,5-6,12,14H2,(H,28,29,31). The molecule has 1 aliphatic carbocycles. The van der Waals surface area contributed by atoms with E-state index in [1.807, 2.05) is 17.5 Å². The van der Waals surface area contributed by atoms with Crippen LogP contribution >= 0.6 is 27.3 Å². The molecule has 1 amide bonds. The van der Waals surface area contributed by atoms with Crippen LogP contribution in [0.2, 0.25) is 0 Å². The smallest absolute Gasteiger partial charge is 0.266 e. The zero-order valence-corrected chi connectivity index (χ0v) is 20.1. The Morgan fingerprint density at radius 3 is 2.91 bits per heavy atom. The third-order valence-electron chi connectivity index (χ3n) is 5.59. The molecule has 0 spiro atoms. The van der Waals surface area contributed by atoms with E-state index in [0.717, 1.165) is 24.2 Å². The van der Waals surface area contributed by atoms with Crippen molar-refractivity contribution in [3.05, 3.63) is 97.5 Å². The van der Waals surface area contributed by atoms with E-state index in [2.05, 4.69) is 38.5 Å². The van der Waals surface area contributed by atoms with Crippen molar-refractivity contribution in [2.45, 2.75) is 32.4 Å². The van der Waals surface area contributed by atoms with Crippen LogP contribution in [0, 0.1) is 5.82 Å². The lowest BCUT2D eigenvalue weighted by Gasteiger charge is -2.07. The minimum absolute atomic E-state index is 0.249. The number of hydrogen-bond acceptors (Lipinski definition) is 4. The first kappa shape index (κ1) is 21.9. The summed E-state index contributed by atoms with van der Waals surface area (Å²) in [4.78, 5) is 13.3. The molecule has 0 saturated carbocycles. The van der Waals surface area contributed by atoms with Crippen LogP contribution in [0.4, 0.5) is 10.2 Å². The number of hydrogen-bond donors (Lipinski definition) is 1. The average molecular weight is 526 g/mol. The van der Waals surface area contributed by atoms with Crippen molar-refractivity contribution < 1.29 is 13.9 Å². The topological polar surface area (TPSA) is 56.2 Å². The number of thiophene rings is 1. The maximum Gasteiger partial charge on any atom is 0.266 e. The van der Waals surface area contributed by atoms with Crippen LogP contribution in [0.1, 0.15) is 38.3 Å². The molecule has 1 aliphatic rings. The van der Waals surface area contributed by atoms with E-state index in [1.165, 1.54) is 35.0 Å². The number of nitrogens with one attached hydrogen (secondary N) is 1. The first-order chi connectivity index (χ1) is 16.0. The summed E-state index contributed by atoms with van der Waals surface area (Å²) >= 11 is 4.78. The highest BCUT2D eigenvalue weighted by Crippen LogP contribution is 2.27. The van der Waals surface area contributed by atoms with Gasteiger partial charge in [0.2, 0.25) is 0 Å². The van der Waals surface area contributed by atoms with Gasteiger partial charge in [0, 0.05) is 17.3 Å². The second-order valence-corrected chi connectivity index (χ2v) is 9.73. The predicted molar refractivity (Wildman–Crippen MR) is 131 cm³/mol. The molecule has 1 N–H and O–H groups in total. The summed E-state index contributed by atoms with van der Waals surface area (Å²) in [6, 6.07) is 14.7. The predicted octanol–water partition coefficient (Wildman–Crippen LogP) is 6.21. The number of fused-ring (bicyclic) bond motifs is 1. The van der Waals surface area contributed by atoms with Crippen molar-refractivity contribution in [1.29, 1.82) is 0 Å². The molecule has 168 valence electrons. The number of aryl methyl sites for hydroxylation is 2. The molecule has 0 atom stereocenters. The summed E-state index contributed by atoms with van der Waals surface area (Å²) in [6.07, 6.45) is 5.18. The lowest BCUT2D eigenvalue weighted by atomic mass is 10.1. The van der Waals surface area contributed by atoms with E-state index < -0.39 is 0 Å². The Balaban J connectivity index is 1.20. The number of amides is 1. The third-order valence-corrected chi connectivity index (χ3v) is 7.15. The molecule has 0 radical (unpaired) electrons. The van der Waals surface area contributed by atoms with Crippen molar-refractivity contribution in [3.8, 4) is 5.75 Å². The monoisotopic (exact) mass is 525 g/mol. The van der Waals surface area contributed by atoms with Crippen LogP contribution in [0.15, 0.2) is 64.6 Å². The van der Waals surface area contributed by atoms with Gasteiger partial charge in [0.15, 0.2) is 5.82 Å². The fourth-order valence-corrected chi connectivity index (χ4v) is 5.11. The quantitative estimate of drug-likeness (QED) is 0.311. The van der Waals surface area contributed by atoms with Gasteiger partial charge in [-0.2, -0.15) is 5.10 Å². The SMILES string of the molecule is O=C(Nc1nn(Cc2ccccc2F)cc1Br)c1cc(COc2ccc3c(c2)CCC3)cs1. The molecule has 2 aromatic carbocycles. The Bertz CT molecular complexity index is 1320. The maximum absolute atomic E-state index is 13.9. The third kappa shape index (κ3) is 5.02. The average Bonchev–Trinajstić information content (AvgIpc) is 3.54. The molecular formula is C25H21BrFN3O2S. The number of nitrogens with zero attached hydrogens (tertiary/aromatic N) is 2. The van der Waals surface area contributed by atoms with Crippen molar-refractivity contribution in [2.75, 3.05) is 5.32 Å². The minimum Gasteiger partial charge on any atom is -0.489 e. The number of ether oxygens (including phenoxy) is 1. The molecule has 0 fully saturated rings. The van der Waals surface area contributed by atoms with Crippen LogP contribution in [-0.4, -0.2) is 15.7 Å². The van der Waals surface area contributed by atoms with Gasteiger partial charge in [-0.05, 0) is 76.0 Å². The second-order valence-electron chi connectivity index (χ2n) is 7.96. The zero-order chi connectivity index (χ0) is 22.8. The van der Waals surface area contributed by atoms with Gasteiger partial charge in [-0.1, -0.05) is 24.3 Å². The summed E-state index contributed by atoms with van der Waals surface area (Å²) in [5.74, 6) is 0.710. The van der Waals surface area contributed by atoms with Gasteiger partial charge < -0.3 is 10.1 Å². The van der Waals surface area contributed by atoms with Crippen LogP contribution < -0.4 is 10.1 Å². The molecule has 33 heavy (non-hydrogen) atoms. The summed E-state index contributed by atoms with van der Waals surface area (Å²) in [5.41, 5.74) is 4.25. The number of anilines is 1. The van der Waals surface area contributed by atoms with Crippen molar-refractivity contribution in [3.63, 3.8) is 0 Å². The summed E-state index contributed by atoms with van der Waals surface area (Å²) in [7, 11) is 0. The number of rotatable bonds is 7. The summed E-state index contributed by atoms with van der Waals surface area (Å²) in [5, 5.41) is 9.12. The first-order valence-corrected chi connectivity index (χ1v) is 12.3. The van der Waals surface area contributed by atoms with Gasteiger partial charge in [0.05, 0.1) is 15.9 Å². The van der Waals surface area contributed by atoms with E-state index in [-0.39, 0.29) is 18.3 Å². The van der Waals surface area contributed by atoms with E-state index >= 15 is 0 Å². The van der Waals surface area contributed by atoms with Crippen LogP contribution in [0.5, 0.6) is 5.75 Å². The lowest BCUT2D eigenvalue weighted by Crippen LogP contribution is -2.12. The van der Waals surface area contributed by atoms with Crippen LogP contribution in [0.3, 0.4) is 0 Å². The molecule has 0 unspecified atom stereocenters. The molecule has 0 aliphatic heterocycles. The van der Waals surface area contributed by atoms with Gasteiger partial charge in [0.25, 0.3) is 5.91 Å². The van der Waals surface area contributed by atoms with Gasteiger partial charge in [0.1, 0.15) is 18.2 Å². The summed E-state index contributed by atoms with van der Waals surface area (Å²) < 4.78 is 22.1. The zero-order valence-electron chi connectivity index (χ0n) is 17.7. The number of benzene rings is 2. The normalized spacial score (nSPS) is 12.5. The molecule has 5 nitrogen and oxygen atoms in total. The minimum atomic E-state index is -0.289. The highest BCUT2D eigenvalue weighted by molar-refractivity contribution is 9.10. The molecular weight excluding hydrogens is 505 g/mol. The van der Waals surface area contributed by atoms with Crippen LogP contribution in [0.25, 0.3) is 0 Å². The number of carbonyl (C=O) groups is 1. The van der Waals surface area contributed by atoms with E-state index in [0.29, 0.717) is 27.3 Å². The van der Waals surface area contributed by atoms with Crippen molar-refractivity contribution in [2.24, 2.45) is 0 Å². The van der Waals surface area contributed by atoms with Gasteiger partial charge in [-0.25, -0.2) is 4.39 Å². The Morgan fingerprint density at radius 1 is 1.18 bits per heavy atom. The Morgan fingerprint density at radius 2 is 2.03 bits per heavy atom. The second kappa shape index (κ2) is 9.49. The molecule has 0 saturated heterocycles. The fraction of sp³-hybridized carbons (Fsp3) is 0.200. The highest BCUT2D eigenvalue weighted by atomic mass is 79.9. The Hall–Kier alpha value is -2.97.